The second-order valence-electron chi connectivity index (χ2n) is 4.74. The Morgan fingerprint density at radius 3 is 2.90 bits per heavy atom. The molecule has 1 fully saturated rings. The summed E-state index contributed by atoms with van der Waals surface area (Å²) in [5, 5.41) is 9.93. The molecule has 1 atom stereocenters. The maximum absolute atomic E-state index is 12.5. The maximum atomic E-state index is 12.5. The predicted octanol–water partition coefficient (Wildman–Crippen LogP) is 1.42. The van der Waals surface area contributed by atoms with E-state index in [1.54, 1.807) is 6.07 Å². The Bertz CT molecular complexity index is 734. The Hall–Kier alpha value is -2.28. The van der Waals surface area contributed by atoms with E-state index in [-0.39, 0.29) is 5.69 Å². The van der Waals surface area contributed by atoms with E-state index in [1.165, 1.54) is 22.7 Å². The molecule has 0 spiro atoms. The number of carbonyl (C=O) groups excluding carboxylic acids is 1. The van der Waals surface area contributed by atoms with Crippen molar-refractivity contribution in [3.63, 3.8) is 0 Å². The Labute approximate surface area is 124 Å². The molecule has 1 aromatic heterocycles. The number of hydrogen-bond donors (Lipinski definition) is 2. The zero-order chi connectivity index (χ0) is 15.0. The van der Waals surface area contributed by atoms with Gasteiger partial charge in [0.1, 0.15) is 11.7 Å². The fourth-order valence-corrected chi connectivity index (χ4v) is 3.45. The van der Waals surface area contributed by atoms with E-state index in [0.29, 0.717) is 22.8 Å². The lowest BCUT2D eigenvalue weighted by atomic mass is 10.1. The van der Waals surface area contributed by atoms with Gasteiger partial charge in [-0.1, -0.05) is 18.2 Å². The number of aliphatic carboxylic acids is 1. The smallest absolute Gasteiger partial charge is 0.327 e. The van der Waals surface area contributed by atoms with Crippen molar-refractivity contribution in [1.29, 1.82) is 0 Å². The molecule has 108 valence electrons. The lowest BCUT2D eigenvalue weighted by Gasteiger charge is -2.20. The van der Waals surface area contributed by atoms with Crippen molar-refractivity contribution in [2.45, 2.75) is 6.04 Å². The summed E-state index contributed by atoms with van der Waals surface area (Å²) in [7, 11) is 0. The third-order valence-corrected chi connectivity index (χ3v) is 4.41. The number of hydrogen-bond acceptors (Lipinski definition) is 5. The number of anilines is 1. The van der Waals surface area contributed by atoms with Crippen LogP contribution in [-0.4, -0.2) is 44.5 Å². The molecule has 6 nitrogen and oxygen atoms in total. The van der Waals surface area contributed by atoms with Gasteiger partial charge in [0.15, 0.2) is 0 Å². The summed E-state index contributed by atoms with van der Waals surface area (Å²) >= 11 is 1.41. The van der Waals surface area contributed by atoms with Gasteiger partial charge in [0.25, 0.3) is 5.91 Å². The number of carboxylic acids is 1. The van der Waals surface area contributed by atoms with E-state index < -0.39 is 17.9 Å². The fourth-order valence-electron chi connectivity index (χ4n) is 2.31. The summed E-state index contributed by atoms with van der Waals surface area (Å²) in [6.07, 6.45) is 0. The number of thioether (sulfide) groups is 1. The molecule has 7 heteroatoms. The lowest BCUT2D eigenvalue weighted by Crippen LogP contribution is -2.42. The standard InChI is InChI=1S/C14H13N3O3S/c15-9-5-11(16-10-4-2-1-3-8(9)10)13(18)17-7-21-6-12(17)14(19)20/h1-5,12H,6-7H2,(H2,15,16)(H,19,20)/t12-/m0/s1. The first kappa shape index (κ1) is 13.7. The first-order chi connectivity index (χ1) is 10.1. The average molecular weight is 303 g/mol. The number of amides is 1. The minimum absolute atomic E-state index is 0.181. The zero-order valence-electron chi connectivity index (χ0n) is 11.0. The Balaban J connectivity index is 2.00. The van der Waals surface area contributed by atoms with Crippen molar-refractivity contribution >= 4 is 40.2 Å². The van der Waals surface area contributed by atoms with E-state index in [4.69, 9.17) is 10.8 Å². The van der Waals surface area contributed by atoms with Gasteiger partial charge < -0.3 is 15.7 Å². The van der Waals surface area contributed by atoms with Crippen molar-refractivity contribution in [3.05, 3.63) is 36.0 Å². The van der Waals surface area contributed by atoms with Crippen molar-refractivity contribution < 1.29 is 14.7 Å². The number of fused-ring (bicyclic) bond motifs is 1. The summed E-state index contributed by atoms with van der Waals surface area (Å²) in [5.41, 5.74) is 7.22. The highest BCUT2D eigenvalue weighted by Gasteiger charge is 2.35. The Morgan fingerprint density at radius 2 is 2.14 bits per heavy atom. The quantitative estimate of drug-likeness (QED) is 0.871. The number of carbonyl (C=O) groups is 2. The predicted molar refractivity (Wildman–Crippen MR) is 81.1 cm³/mol. The molecule has 0 radical (unpaired) electrons. The van der Waals surface area contributed by atoms with Crippen LogP contribution in [-0.2, 0) is 4.79 Å². The number of rotatable bonds is 2. The van der Waals surface area contributed by atoms with Crippen LogP contribution in [0.1, 0.15) is 10.5 Å². The minimum atomic E-state index is -0.998. The van der Waals surface area contributed by atoms with Crippen LogP contribution in [0.5, 0.6) is 0 Å². The van der Waals surface area contributed by atoms with Crippen LogP contribution in [0, 0.1) is 0 Å². The van der Waals surface area contributed by atoms with E-state index in [9.17, 15) is 9.59 Å². The van der Waals surface area contributed by atoms with Gasteiger partial charge in [-0.2, -0.15) is 0 Å². The summed E-state index contributed by atoms with van der Waals surface area (Å²) in [4.78, 5) is 29.3. The van der Waals surface area contributed by atoms with E-state index in [0.717, 1.165) is 5.39 Å². The molecule has 0 aliphatic carbocycles. The van der Waals surface area contributed by atoms with Gasteiger partial charge in [-0.15, -0.1) is 11.8 Å². The van der Waals surface area contributed by atoms with Gasteiger partial charge in [0, 0.05) is 16.8 Å². The van der Waals surface area contributed by atoms with Crippen molar-refractivity contribution in [3.8, 4) is 0 Å². The minimum Gasteiger partial charge on any atom is -0.480 e. The molecule has 1 aliphatic heterocycles. The Morgan fingerprint density at radius 1 is 1.38 bits per heavy atom. The maximum Gasteiger partial charge on any atom is 0.327 e. The van der Waals surface area contributed by atoms with Gasteiger partial charge in [0.05, 0.1) is 11.4 Å². The zero-order valence-corrected chi connectivity index (χ0v) is 11.8. The molecule has 2 heterocycles. The highest BCUT2D eigenvalue weighted by atomic mass is 32.2. The first-order valence-electron chi connectivity index (χ1n) is 6.34. The monoisotopic (exact) mass is 303 g/mol. The van der Waals surface area contributed by atoms with Crippen LogP contribution in [0.15, 0.2) is 30.3 Å². The molecule has 21 heavy (non-hydrogen) atoms. The fraction of sp³-hybridized carbons (Fsp3) is 0.214. The second-order valence-corrected chi connectivity index (χ2v) is 5.74. The van der Waals surface area contributed by atoms with E-state index in [1.807, 2.05) is 18.2 Å². The summed E-state index contributed by atoms with van der Waals surface area (Å²) in [6, 6.07) is 7.96. The summed E-state index contributed by atoms with van der Waals surface area (Å²) in [6.45, 7) is 0. The number of nitrogens with two attached hydrogens (primary N) is 1. The van der Waals surface area contributed by atoms with Crippen molar-refractivity contribution in [2.24, 2.45) is 0 Å². The molecule has 1 amide bonds. The normalized spacial score (nSPS) is 18.1. The topological polar surface area (TPSA) is 96.5 Å². The van der Waals surface area contributed by atoms with Gasteiger partial charge in [-0.3, -0.25) is 4.79 Å². The molecular formula is C14H13N3O3S. The van der Waals surface area contributed by atoms with Crippen LogP contribution in [0.3, 0.4) is 0 Å². The Kier molecular flexibility index (Phi) is 3.42. The van der Waals surface area contributed by atoms with Gasteiger partial charge in [-0.25, -0.2) is 9.78 Å². The number of para-hydroxylation sites is 1. The molecular weight excluding hydrogens is 290 g/mol. The number of carboxylic acid groups (broad SMARTS) is 1. The lowest BCUT2D eigenvalue weighted by molar-refractivity contribution is -0.140. The van der Waals surface area contributed by atoms with Crippen LogP contribution in [0.25, 0.3) is 10.9 Å². The number of aromatic nitrogens is 1. The summed E-state index contributed by atoms with van der Waals surface area (Å²) in [5.74, 6) is -0.652. The molecule has 0 bridgehead atoms. The summed E-state index contributed by atoms with van der Waals surface area (Å²) < 4.78 is 0. The SMILES string of the molecule is Nc1cc(C(=O)N2CSC[C@H]2C(=O)O)nc2ccccc12. The van der Waals surface area contributed by atoms with E-state index in [2.05, 4.69) is 4.98 Å². The highest BCUT2D eigenvalue weighted by molar-refractivity contribution is 7.99. The third kappa shape index (κ3) is 2.40. The van der Waals surface area contributed by atoms with Crippen molar-refractivity contribution in [1.82, 2.24) is 9.88 Å². The molecule has 1 aliphatic rings. The molecule has 3 rings (SSSR count). The second kappa shape index (κ2) is 5.25. The number of pyridine rings is 1. The van der Waals surface area contributed by atoms with Gasteiger partial charge >= 0.3 is 5.97 Å². The van der Waals surface area contributed by atoms with Crippen LogP contribution >= 0.6 is 11.8 Å². The molecule has 0 saturated carbocycles. The molecule has 2 aromatic rings. The van der Waals surface area contributed by atoms with Crippen LogP contribution in [0.4, 0.5) is 5.69 Å². The first-order valence-corrected chi connectivity index (χ1v) is 7.50. The van der Waals surface area contributed by atoms with Gasteiger partial charge in [-0.05, 0) is 12.1 Å². The molecule has 0 unspecified atom stereocenters. The number of nitrogen functional groups attached to an aromatic ring is 1. The molecule has 1 aromatic carbocycles. The number of benzene rings is 1. The van der Waals surface area contributed by atoms with Crippen molar-refractivity contribution in [2.75, 3.05) is 17.4 Å². The third-order valence-electron chi connectivity index (χ3n) is 3.40. The van der Waals surface area contributed by atoms with Crippen LogP contribution in [0.2, 0.25) is 0 Å². The number of nitrogens with zero attached hydrogens (tertiary/aromatic N) is 2. The highest BCUT2D eigenvalue weighted by Crippen LogP contribution is 2.25. The largest absolute Gasteiger partial charge is 0.480 e. The molecule has 3 N–H and O–H groups in total. The average Bonchev–Trinajstić information content (AvgIpc) is 2.96. The molecule has 1 saturated heterocycles. The van der Waals surface area contributed by atoms with Crippen LogP contribution < -0.4 is 5.73 Å². The van der Waals surface area contributed by atoms with Gasteiger partial charge in [0.2, 0.25) is 0 Å². The van der Waals surface area contributed by atoms with E-state index >= 15 is 0 Å².